The normalized spacial score (nSPS) is 10.8. The molecule has 0 aliphatic rings. The SMILES string of the molecule is Cc1ccc(-c2nnc(SCC(=O)Nc3c([N+](=O)[O-])ccc(C)c3C)o2)cc1C. The summed E-state index contributed by atoms with van der Waals surface area (Å²) in [7, 11) is 0. The van der Waals surface area contributed by atoms with Crippen molar-refractivity contribution in [1.82, 2.24) is 10.2 Å². The lowest BCUT2D eigenvalue weighted by Gasteiger charge is -2.10. The minimum Gasteiger partial charge on any atom is -0.411 e. The van der Waals surface area contributed by atoms with Gasteiger partial charge in [-0.15, -0.1) is 10.2 Å². The summed E-state index contributed by atoms with van der Waals surface area (Å²) in [6.45, 7) is 7.59. The first-order valence-corrected chi connectivity index (χ1v) is 9.83. The van der Waals surface area contributed by atoms with Gasteiger partial charge in [-0.25, -0.2) is 0 Å². The van der Waals surface area contributed by atoms with Gasteiger partial charge in [0.15, 0.2) is 0 Å². The number of nitro groups is 1. The number of anilines is 1. The average molecular weight is 412 g/mol. The molecule has 0 radical (unpaired) electrons. The molecule has 0 bridgehead atoms. The molecule has 1 heterocycles. The Bertz CT molecular complexity index is 1090. The Morgan fingerprint density at radius 1 is 1.10 bits per heavy atom. The van der Waals surface area contributed by atoms with Crippen molar-refractivity contribution in [2.75, 3.05) is 11.1 Å². The molecule has 8 nitrogen and oxygen atoms in total. The lowest BCUT2D eigenvalue weighted by Crippen LogP contribution is -2.16. The fourth-order valence-corrected chi connectivity index (χ4v) is 3.24. The van der Waals surface area contributed by atoms with Crippen LogP contribution in [0.3, 0.4) is 0 Å². The summed E-state index contributed by atoms with van der Waals surface area (Å²) in [5.74, 6) is -0.0297. The van der Waals surface area contributed by atoms with E-state index in [1.807, 2.05) is 39.0 Å². The van der Waals surface area contributed by atoms with Crippen LogP contribution in [0.5, 0.6) is 0 Å². The van der Waals surface area contributed by atoms with Crippen LogP contribution in [0.4, 0.5) is 11.4 Å². The third-order valence-electron chi connectivity index (χ3n) is 4.66. The smallest absolute Gasteiger partial charge is 0.293 e. The fourth-order valence-electron chi connectivity index (χ4n) is 2.67. The predicted octanol–water partition coefficient (Wildman–Crippen LogP) is 4.61. The number of thioether (sulfide) groups is 1. The zero-order chi connectivity index (χ0) is 21.1. The number of hydrogen-bond acceptors (Lipinski definition) is 7. The lowest BCUT2D eigenvalue weighted by atomic mass is 10.1. The van der Waals surface area contributed by atoms with E-state index in [0.29, 0.717) is 11.5 Å². The molecule has 3 aromatic rings. The van der Waals surface area contributed by atoms with E-state index in [-0.39, 0.29) is 22.4 Å². The second-order valence-corrected chi connectivity index (χ2v) is 7.59. The van der Waals surface area contributed by atoms with Crippen LogP contribution in [0.2, 0.25) is 0 Å². The molecule has 1 N–H and O–H groups in total. The highest BCUT2D eigenvalue weighted by Crippen LogP contribution is 2.31. The molecule has 150 valence electrons. The van der Waals surface area contributed by atoms with Crippen molar-refractivity contribution in [3.63, 3.8) is 0 Å². The molecule has 0 aliphatic heterocycles. The van der Waals surface area contributed by atoms with Crippen molar-refractivity contribution in [3.05, 3.63) is 62.7 Å². The quantitative estimate of drug-likeness (QED) is 0.357. The Balaban J connectivity index is 1.68. The van der Waals surface area contributed by atoms with Gasteiger partial charge in [0.1, 0.15) is 5.69 Å². The fraction of sp³-hybridized carbons (Fsp3) is 0.250. The van der Waals surface area contributed by atoms with Crippen molar-refractivity contribution < 1.29 is 14.1 Å². The minimum atomic E-state index is -0.511. The Hall–Kier alpha value is -3.20. The van der Waals surface area contributed by atoms with Gasteiger partial charge >= 0.3 is 0 Å². The van der Waals surface area contributed by atoms with E-state index in [1.54, 1.807) is 13.0 Å². The largest absolute Gasteiger partial charge is 0.411 e. The molecule has 3 rings (SSSR count). The number of benzene rings is 2. The van der Waals surface area contributed by atoms with Crippen LogP contribution < -0.4 is 5.32 Å². The van der Waals surface area contributed by atoms with Gasteiger partial charge in [0.2, 0.25) is 11.8 Å². The Morgan fingerprint density at radius 2 is 1.83 bits per heavy atom. The van der Waals surface area contributed by atoms with E-state index < -0.39 is 10.8 Å². The highest BCUT2D eigenvalue weighted by atomic mass is 32.2. The highest BCUT2D eigenvalue weighted by molar-refractivity contribution is 7.99. The molecule has 29 heavy (non-hydrogen) atoms. The summed E-state index contributed by atoms with van der Waals surface area (Å²) >= 11 is 1.07. The van der Waals surface area contributed by atoms with Crippen LogP contribution in [0.1, 0.15) is 22.3 Å². The van der Waals surface area contributed by atoms with Gasteiger partial charge in [-0.05, 0) is 62.1 Å². The van der Waals surface area contributed by atoms with Crippen LogP contribution >= 0.6 is 11.8 Å². The second-order valence-electron chi connectivity index (χ2n) is 6.67. The molecule has 0 atom stereocenters. The molecule has 0 spiro atoms. The van der Waals surface area contributed by atoms with Crippen molar-refractivity contribution in [3.8, 4) is 11.5 Å². The number of hydrogen-bond donors (Lipinski definition) is 1. The molecular formula is C20H20N4O4S. The lowest BCUT2D eigenvalue weighted by molar-refractivity contribution is -0.384. The molecule has 2 aromatic carbocycles. The summed E-state index contributed by atoms with van der Waals surface area (Å²) < 4.78 is 5.62. The summed E-state index contributed by atoms with van der Waals surface area (Å²) in [6, 6.07) is 8.88. The van der Waals surface area contributed by atoms with Gasteiger partial charge in [-0.3, -0.25) is 14.9 Å². The number of carbonyl (C=O) groups excluding carboxylic acids is 1. The minimum absolute atomic E-state index is 0.0148. The third kappa shape index (κ3) is 4.62. The molecule has 9 heteroatoms. The second kappa shape index (κ2) is 8.44. The van der Waals surface area contributed by atoms with E-state index in [1.165, 1.54) is 11.6 Å². The van der Waals surface area contributed by atoms with Crippen LogP contribution in [0.15, 0.2) is 40.0 Å². The maximum atomic E-state index is 12.3. The molecule has 0 aliphatic carbocycles. The van der Waals surface area contributed by atoms with Gasteiger partial charge in [-0.1, -0.05) is 23.9 Å². The molecular weight excluding hydrogens is 392 g/mol. The standard InChI is InChI=1S/C20H20N4O4S/c1-11-5-7-15(9-13(11)3)19-22-23-20(28-19)29-10-17(25)21-18-14(4)12(2)6-8-16(18)24(26)27/h5-9H,10H2,1-4H3,(H,21,25). The Morgan fingerprint density at radius 3 is 2.52 bits per heavy atom. The van der Waals surface area contributed by atoms with E-state index in [2.05, 4.69) is 15.5 Å². The number of nitrogens with zero attached hydrogens (tertiary/aromatic N) is 3. The first-order valence-electron chi connectivity index (χ1n) is 8.84. The number of nitrogens with one attached hydrogen (secondary N) is 1. The molecule has 1 amide bonds. The highest BCUT2D eigenvalue weighted by Gasteiger charge is 2.20. The topological polar surface area (TPSA) is 111 Å². The van der Waals surface area contributed by atoms with E-state index in [9.17, 15) is 14.9 Å². The van der Waals surface area contributed by atoms with Crippen LogP contribution in [-0.2, 0) is 4.79 Å². The van der Waals surface area contributed by atoms with E-state index in [0.717, 1.165) is 28.5 Å². The number of nitro benzene ring substituents is 1. The maximum Gasteiger partial charge on any atom is 0.293 e. The summed E-state index contributed by atoms with van der Waals surface area (Å²) in [4.78, 5) is 23.1. The number of amides is 1. The van der Waals surface area contributed by atoms with Crippen LogP contribution in [0, 0.1) is 37.8 Å². The van der Waals surface area contributed by atoms with Gasteiger partial charge in [0, 0.05) is 11.6 Å². The number of aryl methyl sites for hydroxylation is 3. The average Bonchev–Trinajstić information content (AvgIpc) is 3.15. The third-order valence-corrected chi connectivity index (χ3v) is 5.48. The Kier molecular flexibility index (Phi) is 5.97. The van der Waals surface area contributed by atoms with Gasteiger partial charge in [0.25, 0.3) is 10.9 Å². The van der Waals surface area contributed by atoms with Crippen molar-refractivity contribution in [2.45, 2.75) is 32.9 Å². The summed E-state index contributed by atoms with van der Waals surface area (Å²) in [5.41, 5.74) is 4.68. The molecule has 0 unspecified atom stereocenters. The number of aromatic nitrogens is 2. The monoisotopic (exact) mass is 412 g/mol. The maximum absolute atomic E-state index is 12.3. The first-order chi connectivity index (χ1) is 13.8. The van der Waals surface area contributed by atoms with Gasteiger partial charge < -0.3 is 9.73 Å². The summed E-state index contributed by atoms with van der Waals surface area (Å²) in [6.07, 6.45) is 0. The zero-order valence-electron chi connectivity index (χ0n) is 16.5. The van der Waals surface area contributed by atoms with Crippen LogP contribution in [0.25, 0.3) is 11.5 Å². The molecule has 0 saturated carbocycles. The van der Waals surface area contributed by atoms with E-state index in [4.69, 9.17) is 4.42 Å². The van der Waals surface area contributed by atoms with Gasteiger partial charge in [-0.2, -0.15) is 0 Å². The van der Waals surface area contributed by atoms with E-state index >= 15 is 0 Å². The van der Waals surface area contributed by atoms with Gasteiger partial charge in [0.05, 0.1) is 10.7 Å². The van der Waals surface area contributed by atoms with Crippen molar-refractivity contribution >= 4 is 29.0 Å². The first kappa shape index (κ1) is 20.5. The number of carbonyl (C=O) groups is 1. The van der Waals surface area contributed by atoms with Crippen molar-refractivity contribution in [2.24, 2.45) is 0 Å². The molecule has 0 fully saturated rings. The molecule has 0 saturated heterocycles. The zero-order valence-corrected chi connectivity index (χ0v) is 17.3. The molecule has 1 aromatic heterocycles. The number of rotatable bonds is 6. The van der Waals surface area contributed by atoms with Crippen molar-refractivity contribution in [1.29, 1.82) is 0 Å². The Labute approximate surface area is 171 Å². The summed E-state index contributed by atoms with van der Waals surface area (Å²) in [5, 5.41) is 22.1. The van der Waals surface area contributed by atoms with Crippen LogP contribution in [-0.4, -0.2) is 26.8 Å². The predicted molar refractivity (Wildman–Crippen MR) is 111 cm³/mol.